The Hall–Kier alpha value is -0.970. The van der Waals surface area contributed by atoms with Crippen LogP contribution in [0.25, 0.3) is 0 Å². The van der Waals surface area contributed by atoms with Gasteiger partial charge in [-0.05, 0) is 37.8 Å². The molecule has 108 valence electrons. The Morgan fingerprint density at radius 1 is 1.37 bits per heavy atom. The Kier molecular flexibility index (Phi) is 5.91. The maximum atomic E-state index is 13.7. The summed E-state index contributed by atoms with van der Waals surface area (Å²) in [6, 6.07) is 6.87. The molecule has 1 rings (SSSR count). The van der Waals surface area contributed by atoms with Gasteiger partial charge in [0.25, 0.3) is 0 Å². The third kappa shape index (κ3) is 4.56. The average molecular weight is 268 g/mol. The molecule has 4 heteroatoms. The Balaban J connectivity index is 2.78. The number of nitrogens with two attached hydrogens (primary N) is 1. The minimum Gasteiger partial charge on any atom is -0.396 e. The third-order valence-corrected chi connectivity index (χ3v) is 3.71. The van der Waals surface area contributed by atoms with E-state index in [1.54, 1.807) is 12.1 Å². The van der Waals surface area contributed by atoms with Crippen LogP contribution in [-0.4, -0.2) is 29.8 Å². The second kappa shape index (κ2) is 6.98. The van der Waals surface area contributed by atoms with Crippen LogP contribution < -0.4 is 11.1 Å². The molecule has 4 N–H and O–H groups in total. The first kappa shape index (κ1) is 16.1. The Morgan fingerprint density at radius 3 is 2.53 bits per heavy atom. The van der Waals surface area contributed by atoms with Gasteiger partial charge in [-0.1, -0.05) is 25.1 Å². The van der Waals surface area contributed by atoms with Gasteiger partial charge in [-0.2, -0.15) is 0 Å². The molecule has 0 heterocycles. The minimum atomic E-state index is -0.384. The van der Waals surface area contributed by atoms with Crippen LogP contribution in [0.1, 0.15) is 26.3 Å². The smallest absolute Gasteiger partial charge is 0.126 e. The molecule has 3 unspecified atom stereocenters. The molecule has 1 aromatic carbocycles. The molecule has 0 spiro atoms. The van der Waals surface area contributed by atoms with Crippen LogP contribution in [0.4, 0.5) is 4.39 Å². The number of hydrogen-bond acceptors (Lipinski definition) is 3. The average Bonchev–Trinajstić information content (AvgIpc) is 2.40. The van der Waals surface area contributed by atoms with Crippen LogP contribution in [-0.2, 0) is 6.42 Å². The molecule has 1 aromatic rings. The zero-order valence-corrected chi connectivity index (χ0v) is 12.0. The molecule has 0 aromatic heterocycles. The second-order valence-corrected chi connectivity index (χ2v) is 5.63. The standard InChI is InChI=1S/C15H25FN2O/c1-11(9-19)12(2)18-15(3,10-17)8-13-6-4-5-7-14(13)16/h4-7,11-12,18-19H,8-10,17H2,1-3H3. The fourth-order valence-corrected chi connectivity index (χ4v) is 2.09. The second-order valence-electron chi connectivity index (χ2n) is 5.63. The van der Waals surface area contributed by atoms with Gasteiger partial charge < -0.3 is 16.2 Å². The summed E-state index contributed by atoms with van der Waals surface area (Å²) in [5, 5.41) is 12.6. The molecule has 0 saturated heterocycles. The van der Waals surface area contributed by atoms with Gasteiger partial charge in [-0.25, -0.2) is 4.39 Å². The van der Waals surface area contributed by atoms with Crippen molar-refractivity contribution in [2.24, 2.45) is 11.7 Å². The first-order valence-electron chi connectivity index (χ1n) is 6.74. The Bertz CT molecular complexity index is 399. The topological polar surface area (TPSA) is 58.3 Å². The van der Waals surface area contributed by atoms with Crippen molar-refractivity contribution >= 4 is 0 Å². The van der Waals surface area contributed by atoms with Gasteiger partial charge in [0.05, 0.1) is 0 Å². The van der Waals surface area contributed by atoms with Crippen LogP contribution in [0.5, 0.6) is 0 Å². The highest BCUT2D eigenvalue weighted by Gasteiger charge is 2.27. The van der Waals surface area contributed by atoms with Gasteiger partial charge in [-0.15, -0.1) is 0 Å². The van der Waals surface area contributed by atoms with Crippen molar-refractivity contribution in [3.8, 4) is 0 Å². The van der Waals surface area contributed by atoms with E-state index in [1.807, 2.05) is 26.8 Å². The van der Waals surface area contributed by atoms with Gasteiger partial charge in [0.2, 0.25) is 0 Å². The SMILES string of the molecule is CC(CO)C(C)NC(C)(CN)Cc1ccccc1F. The van der Waals surface area contributed by atoms with Crippen LogP contribution in [0.15, 0.2) is 24.3 Å². The molecule has 0 fully saturated rings. The number of hydrogen-bond donors (Lipinski definition) is 3. The lowest BCUT2D eigenvalue weighted by atomic mass is 9.90. The highest BCUT2D eigenvalue weighted by atomic mass is 19.1. The summed E-state index contributed by atoms with van der Waals surface area (Å²) in [7, 11) is 0. The zero-order valence-electron chi connectivity index (χ0n) is 12.0. The highest BCUT2D eigenvalue weighted by Crippen LogP contribution is 2.17. The number of halogens is 1. The van der Waals surface area contributed by atoms with E-state index in [2.05, 4.69) is 5.32 Å². The summed E-state index contributed by atoms with van der Waals surface area (Å²) in [5.41, 5.74) is 6.12. The molecular weight excluding hydrogens is 243 g/mol. The number of nitrogens with one attached hydrogen (secondary N) is 1. The summed E-state index contributed by atoms with van der Waals surface area (Å²) in [6.45, 7) is 6.49. The van der Waals surface area contributed by atoms with Crippen molar-refractivity contribution in [1.82, 2.24) is 5.32 Å². The maximum Gasteiger partial charge on any atom is 0.126 e. The number of benzene rings is 1. The normalized spacial score (nSPS) is 17.8. The van der Waals surface area contributed by atoms with E-state index < -0.39 is 0 Å². The van der Waals surface area contributed by atoms with Crippen molar-refractivity contribution in [2.45, 2.75) is 38.8 Å². The zero-order chi connectivity index (χ0) is 14.5. The molecule has 0 aliphatic heterocycles. The first-order valence-corrected chi connectivity index (χ1v) is 6.74. The van der Waals surface area contributed by atoms with Crippen LogP contribution in [0, 0.1) is 11.7 Å². The lowest BCUT2D eigenvalue weighted by molar-refractivity contribution is 0.184. The van der Waals surface area contributed by atoms with Crippen molar-refractivity contribution in [3.63, 3.8) is 0 Å². The van der Waals surface area contributed by atoms with Crippen LogP contribution in [0.3, 0.4) is 0 Å². The predicted octanol–water partition coefficient (Wildman–Crippen LogP) is 1.69. The highest BCUT2D eigenvalue weighted by molar-refractivity contribution is 5.20. The fraction of sp³-hybridized carbons (Fsp3) is 0.600. The van der Waals surface area contributed by atoms with E-state index in [1.165, 1.54) is 6.07 Å². The molecule has 0 aliphatic carbocycles. The molecule has 0 bridgehead atoms. The van der Waals surface area contributed by atoms with E-state index in [-0.39, 0.29) is 29.9 Å². The van der Waals surface area contributed by atoms with Gasteiger partial charge in [0, 0.05) is 24.7 Å². The van der Waals surface area contributed by atoms with E-state index in [4.69, 9.17) is 5.73 Å². The van der Waals surface area contributed by atoms with Crippen molar-refractivity contribution in [1.29, 1.82) is 0 Å². The van der Waals surface area contributed by atoms with Gasteiger partial charge in [0.1, 0.15) is 5.82 Å². The molecule has 0 aliphatic rings. The van der Waals surface area contributed by atoms with E-state index in [0.29, 0.717) is 18.5 Å². The first-order chi connectivity index (χ1) is 8.91. The Morgan fingerprint density at radius 2 is 2.00 bits per heavy atom. The Labute approximate surface area is 115 Å². The molecular formula is C15H25FN2O. The van der Waals surface area contributed by atoms with Gasteiger partial charge in [-0.3, -0.25) is 0 Å². The van der Waals surface area contributed by atoms with Crippen LogP contribution in [0.2, 0.25) is 0 Å². The molecule has 19 heavy (non-hydrogen) atoms. The summed E-state index contributed by atoms with van der Waals surface area (Å²) >= 11 is 0. The quantitative estimate of drug-likeness (QED) is 0.705. The monoisotopic (exact) mass is 268 g/mol. The summed E-state index contributed by atoms with van der Waals surface area (Å²) in [5.74, 6) is -0.0710. The third-order valence-electron chi connectivity index (χ3n) is 3.71. The number of aliphatic hydroxyl groups is 1. The van der Waals surface area contributed by atoms with Crippen molar-refractivity contribution < 1.29 is 9.50 Å². The van der Waals surface area contributed by atoms with Crippen LogP contribution >= 0.6 is 0 Å². The van der Waals surface area contributed by atoms with Gasteiger partial charge >= 0.3 is 0 Å². The molecule has 0 saturated carbocycles. The summed E-state index contributed by atoms with van der Waals surface area (Å²) < 4.78 is 13.7. The lowest BCUT2D eigenvalue weighted by Crippen LogP contribution is -2.55. The summed E-state index contributed by atoms with van der Waals surface area (Å²) in [6.07, 6.45) is 0.526. The maximum absolute atomic E-state index is 13.7. The molecule has 3 atom stereocenters. The largest absolute Gasteiger partial charge is 0.396 e. The molecule has 0 amide bonds. The van der Waals surface area contributed by atoms with E-state index in [0.717, 1.165) is 0 Å². The van der Waals surface area contributed by atoms with E-state index in [9.17, 15) is 9.50 Å². The number of rotatable bonds is 7. The van der Waals surface area contributed by atoms with E-state index >= 15 is 0 Å². The van der Waals surface area contributed by atoms with Gasteiger partial charge in [0.15, 0.2) is 0 Å². The summed E-state index contributed by atoms with van der Waals surface area (Å²) in [4.78, 5) is 0. The predicted molar refractivity (Wildman–Crippen MR) is 76.4 cm³/mol. The lowest BCUT2D eigenvalue weighted by Gasteiger charge is -2.35. The molecule has 3 nitrogen and oxygen atoms in total. The van der Waals surface area contributed by atoms with Crippen molar-refractivity contribution in [3.05, 3.63) is 35.6 Å². The fourth-order valence-electron chi connectivity index (χ4n) is 2.09. The van der Waals surface area contributed by atoms with Crippen molar-refractivity contribution in [2.75, 3.05) is 13.2 Å². The molecule has 0 radical (unpaired) electrons. The number of aliphatic hydroxyl groups excluding tert-OH is 1. The minimum absolute atomic E-state index is 0.116.